The number of benzene rings is 1. The van der Waals surface area contributed by atoms with Gasteiger partial charge >= 0.3 is 0 Å². The maximum atomic E-state index is 11.2. The number of carbonyl (C=O) groups is 1. The molecular weight excluding hydrogens is 224 g/mol. The van der Waals surface area contributed by atoms with E-state index in [0.29, 0.717) is 13.0 Å². The van der Waals surface area contributed by atoms with Crippen LogP contribution in [0.1, 0.15) is 25.8 Å². The Morgan fingerprint density at radius 2 is 2.06 bits per heavy atom. The number of rotatable bonds is 6. The van der Waals surface area contributed by atoms with Gasteiger partial charge in [-0.3, -0.25) is 4.79 Å². The fourth-order valence-electron chi connectivity index (χ4n) is 1.62. The lowest BCUT2D eigenvalue weighted by Gasteiger charge is -2.13. The minimum Gasteiger partial charge on any atom is -0.494 e. The summed E-state index contributed by atoms with van der Waals surface area (Å²) in [6.07, 6.45) is 1.40. The van der Waals surface area contributed by atoms with Gasteiger partial charge in [-0.25, -0.2) is 0 Å². The van der Waals surface area contributed by atoms with Crippen molar-refractivity contribution in [3.63, 3.8) is 0 Å². The van der Waals surface area contributed by atoms with E-state index in [9.17, 15) is 4.79 Å². The van der Waals surface area contributed by atoms with Gasteiger partial charge in [-0.2, -0.15) is 0 Å². The van der Waals surface area contributed by atoms with Gasteiger partial charge in [-0.1, -0.05) is 25.1 Å². The summed E-state index contributed by atoms with van der Waals surface area (Å²) in [4.78, 5) is 11.2. The highest BCUT2D eigenvalue weighted by molar-refractivity contribution is 6.64. The third-order valence-corrected chi connectivity index (χ3v) is 2.86. The first-order valence-corrected chi connectivity index (χ1v) is 5.96. The molecule has 0 N–H and O–H groups in total. The molecule has 0 spiro atoms. The average Bonchev–Trinajstić information content (AvgIpc) is 2.27. The summed E-state index contributed by atoms with van der Waals surface area (Å²) in [5.74, 6) is 0.727. The zero-order valence-corrected chi connectivity index (χ0v) is 10.5. The molecule has 0 radical (unpaired) electrons. The quantitative estimate of drug-likeness (QED) is 0.713. The summed E-state index contributed by atoms with van der Waals surface area (Å²) in [6.45, 7) is 4.54. The SMILES string of the molecule is CCOc1ccccc1CC(CC)C(=O)Cl. The van der Waals surface area contributed by atoms with E-state index in [0.717, 1.165) is 17.7 Å². The first kappa shape index (κ1) is 13.0. The zero-order chi connectivity index (χ0) is 12.0. The maximum Gasteiger partial charge on any atom is 0.225 e. The fraction of sp³-hybridized carbons (Fsp3) is 0.462. The van der Waals surface area contributed by atoms with E-state index >= 15 is 0 Å². The molecule has 0 aliphatic rings. The highest BCUT2D eigenvalue weighted by Gasteiger charge is 2.16. The molecule has 3 heteroatoms. The molecule has 0 aliphatic heterocycles. The lowest BCUT2D eigenvalue weighted by atomic mass is 9.97. The van der Waals surface area contributed by atoms with Crippen LogP contribution in [0.5, 0.6) is 5.75 Å². The minimum atomic E-state index is -0.270. The molecule has 1 aromatic rings. The first-order chi connectivity index (χ1) is 7.69. The summed E-state index contributed by atoms with van der Waals surface area (Å²) in [6, 6.07) is 7.78. The van der Waals surface area contributed by atoms with Gasteiger partial charge in [0, 0.05) is 5.92 Å². The topological polar surface area (TPSA) is 26.3 Å². The second-order valence-corrected chi connectivity index (χ2v) is 4.03. The molecule has 0 fully saturated rings. The van der Waals surface area contributed by atoms with Gasteiger partial charge in [0.05, 0.1) is 6.61 Å². The lowest BCUT2D eigenvalue weighted by Crippen LogP contribution is -2.11. The fourth-order valence-corrected chi connectivity index (χ4v) is 1.85. The van der Waals surface area contributed by atoms with Crippen LogP contribution >= 0.6 is 11.6 Å². The Kier molecular flexibility index (Phi) is 5.33. The van der Waals surface area contributed by atoms with Gasteiger partial charge in [0.1, 0.15) is 5.75 Å². The second-order valence-electron chi connectivity index (χ2n) is 3.65. The van der Waals surface area contributed by atoms with Crippen LogP contribution in [0.3, 0.4) is 0 Å². The van der Waals surface area contributed by atoms with Crippen molar-refractivity contribution < 1.29 is 9.53 Å². The number of carbonyl (C=O) groups excluding carboxylic acids is 1. The molecule has 0 heterocycles. The van der Waals surface area contributed by atoms with Crippen molar-refractivity contribution in [1.82, 2.24) is 0 Å². The van der Waals surface area contributed by atoms with E-state index in [1.165, 1.54) is 0 Å². The third kappa shape index (κ3) is 3.53. The number of hydrogen-bond acceptors (Lipinski definition) is 2. The van der Waals surface area contributed by atoms with Gasteiger partial charge < -0.3 is 4.74 Å². The van der Waals surface area contributed by atoms with Crippen LogP contribution in [0, 0.1) is 5.92 Å². The molecule has 1 aromatic carbocycles. The standard InChI is InChI=1S/C13H17ClO2/c1-3-10(13(14)15)9-11-7-5-6-8-12(11)16-4-2/h5-8,10H,3-4,9H2,1-2H3. The summed E-state index contributed by atoms with van der Waals surface area (Å²) < 4.78 is 5.51. The molecule has 0 aliphatic carbocycles. The second kappa shape index (κ2) is 6.54. The van der Waals surface area contributed by atoms with E-state index in [1.807, 2.05) is 38.1 Å². The highest BCUT2D eigenvalue weighted by Crippen LogP contribution is 2.23. The maximum absolute atomic E-state index is 11.2. The van der Waals surface area contributed by atoms with Crippen molar-refractivity contribution in [3.8, 4) is 5.75 Å². The molecular formula is C13H17ClO2. The third-order valence-electron chi connectivity index (χ3n) is 2.55. The van der Waals surface area contributed by atoms with Gasteiger partial charge in [0.2, 0.25) is 5.24 Å². The summed E-state index contributed by atoms with van der Waals surface area (Å²) in [7, 11) is 0. The molecule has 0 bridgehead atoms. The van der Waals surface area contributed by atoms with Crippen LogP contribution in [0.4, 0.5) is 0 Å². The predicted molar refractivity (Wildman–Crippen MR) is 66.0 cm³/mol. The van der Waals surface area contributed by atoms with Gasteiger partial charge in [-0.05, 0) is 43.0 Å². The molecule has 0 saturated heterocycles. The molecule has 0 aromatic heterocycles. The van der Waals surface area contributed by atoms with Crippen LogP contribution in [0.15, 0.2) is 24.3 Å². The van der Waals surface area contributed by atoms with E-state index in [-0.39, 0.29) is 11.2 Å². The van der Waals surface area contributed by atoms with Crippen molar-refractivity contribution in [3.05, 3.63) is 29.8 Å². The number of hydrogen-bond donors (Lipinski definition) is 0. The molecule has 1 rings (SSSR count). The minimum absolute atomic E-state index is 0.122. The Bertz CT molecular complexity index is 350. The Hall–Kier alpha value is -1.02. The van der Waals surface area contributed by atoms with Gasteiger partial charge in [0.25, 0.3) is 0 Å². The number of para-hydroxylation sites is 1. The Balaban J connectivity index is 2.82. The number of ether oxygens (including phenoxy) is 1. The molecule has 88 valence electrons. The van der Waals surface area contributed by atoms with Crippen molar-refractivity contribution in [2.24, 2.45) is 5.92 Å². The van der Waals surface area contributed by atoms with Crippen molar-refractivity contribution >= 4 is 16.8 Å². The van der Waals surface area contributed by atoms with Crippen LogP contribution < -0.4 is 4.74 Å². The van der Waals surface area contributed by atoms with Crippen molar-refractivity contribution in [2.45, 2.75) is 26.7 Å². The summed E-state index contributed by atoms with van der Waals surface area (Å²) >= 11 is 5.54. The Morgan fingerprint density at radius 3 is 2.62 bits per heavy atom. The normalized spacial score (nSPS) is 12.2. The first-order valence-electron chi connectivity index (χ1n) is 5.59. The zero-order valence-electron chi connectivity index (χ0n) is 9.70. The van der Waals surface area contributed by atoms with Crippen LogP contribution in [0.2, 0.25) is 0 Å². The average molecular weight is 241 g/mol. The lowest BCUT2D eigenvalue weighted by molar-refractivity contribution is -0.115. The van der Waals surface area contributed by atoms with E-state index in [1.54, 1.807) is 0 Å². The highest BCUT2D eigenvalue weighted by atomic mass is 35.5. The molecule has 1 unspecified atom stereocenters. The largest absolute Gasteiger partial charge is 0.494 e. The molecule has 2 nitrogen and oxygen atoms in total. The van der Waals surface area contributed by atoms with E-state index in [2.05, 4.69) is 0 Å². The van der Waals surface area contributed by atoms with Crippen LogP contribution in [-0.4, -0.2) is 11.8 Å². The molecule has 1 atom stereocenters. The Morgan fingerprint density at radius 1 is 1.38 bits per heavy atom. The van der Waals surface area contributed by atoms with Crippen molar-refractivity contribution in [2.75, 3.05) is 6.61 Å². The Labute approximate surface area is 102 Å². The van der Waals surface area contributed by atoms with Gasteiger partial charge in [-0.15, -0.1) is 0 Å². The van der Waals surface area contributed by atoms with E-state index < -0.39 is 0 Å². The molecule has 16 heavy (non-hydrogen) atoms. The smallest absolute Gasteiger partial charge is 0.225 e. The molecule has 0 saturated carbocycles. The van der Waals surface area contributed by atoms with Crippen LogP contribution in [0.25, 0.3) is 0 Å². The predicted octanol–water partition coefficient (Wildman–Crippen LogP) is 3.42. The number of halogens is 1. The summed E-state index contributed by atoms with van der Waals surface area (Å²) in [5.41, 5.74) is 1.05. The van der Waals surface area contributed by atoms with Gasteiger partial charge in [0.15, 0.2) is 0 Å². The van der Waals surface area contributed by atoms with Crippen LogP contribution in [-0.2, 0) is 11.2 Å². The monoisotopic (exact) mass is 240 g/mol. The summed E-state index contributed by atoms with van der Waals surface area (Å²) in [5, 5.41) is -0.270. The van der Waals surface area contributed by atoms with Crippen molar-refractivity contribution in [1.29, 1.82) is 0 Å². The molecule has 0 amide bonds. The van der Waals surface area contributed by atoms with E-state index in [4.69, 9.17) is 16.3 Å².